The largest absolute Gasteiger partial charge is 0.471 e. The summed E-state index contributed by atoms with van der Waals surface area (Å²) < 4.78 is 58.2. The zero-order valence-electron chi connectivity index (χ0n) is 18.5. The van der Waals surface area contributed by atoms with Gasteiger partial charge in [-0.15, -0.1) is 0 Å². The Kier molecular flexibility index (Phi) is 7.20. The van der Waals surface area contributed by atoms with Gasteiger partial charge in [0.25, 0.3) is 5.56 Å². The number of hydrogen-bond donors (Lipinski definition) is 2. The van der Waals surface area contributed by atoms with Gasteiger partial charge in [-0.05, 0) is 39.9 Å². The van der Waals surface area contributed by atoms with E-state index in [-0.39, 0.29) is 23.5 Å². The third kappa shape index (κ3) is 5.54. The number of halogens is 3. The first kappa shape index (κ1) is 25.6. The number of aromatic amines is 1. The number of aliphatic hydroxyl groups excluding tert-OH is 1. The van der Waals surface area contributed by atoms with Crippen LogP contribution in [0.3, 0.4) is 0 Å². The summed E-state index contributed by atoms with van der Waals surface area (Å²) in [5.41, 5.74) is -0.152. The van der Waals surface area contributed by atoms with Gasteiger partial charge in [0.1, 0.15) is 18.3 Å². The van der Waals surface area contributed by atoms with Gasteiger partial charge in [-0.25, -0.2) is 0 Å². The molecule has 0 bridgehead atoms. The maximum absolute atomic E-state index is 13.1. The molecule has 0 radical (unpaired) electrons. The Morgan fingerprint density at radius 2 is 1.97 bits per heavy atom. The zero-order valence-corrected chi connectivity index (χ0v) is 19.3. The van der Waals surface area contributed by atoms with Crippen molar-refractivity contribution in [1.82, 2.24) is 14.5 Å². The van der Waals surface area contributed by atoms with Crippen LogP contribution in [0, 0.1) is 4.77 Å². The normalized spacial score (nSPS) is 26.2. The first-order valence-electron chi connectivity index (χ1n) is 10.2. The highest BCUT2D eigenvalue weighted by Crippen LogP contribution is 2.42. The fraction of sp³-hybridized carbons (Fsp3) is 0.650. The summed E-state index contributed by atoms with van der Waals surface area (Å²) in [6.07, 6.45) is -5.37. The van der Waals surface area contributed by atoms with Crippen LogP contribution < -0.4 is 5.56 Å². The molecule has 9 nitrogen and oxygen atoms in total. The predicted molar refractivity (Wildman–Crippen MR) is 112 cm³/mol. The van der Waals surface area contributed by atoms with Crippen LogP contribution in [0.5, 0.6) is 0 Å². The molecule has 13 heteroatoms. The van der Waals surface area contributed by atoms with Crippen molar-refractivity contribution in [3.63, 3.8) is 0 Å². The quantitative estimate of drug-likeness (QED) is 0.462. The smallest absolute Gasteiger partial charge is 0.394 e. The molecule has 4 atom stereocenters. The van der Waals surface area contributed by atoms with Crippen molar-refractivity contribution in [2.45, 2.75) is 70.7 Å². The van der Waals surface area contributed by atoms with Crippen LogP contribution in [-0.2, 0) is 25.5 Å². The molecule has 1 aromatic heterocycles. The van der Waals surface area contributed by atoms with E-state index in [1.165, 1.54) is 16.8 Å². The van der Waals surface area contributed by atoms with Crippen molar-refractivity contribution in [2.75, 3.05) is 13.2 Å². The highest BCUT2D eigenvalue weighted by molar-refractivity contribution is 7.71. The summed E-state index contributed by atoms with van der Waals surface area (Å²) >= 11 is 5.24. The van der Waals surface area contributed by atoms with E-state index in [4.69, 9.17) is 26.4 Å². The van der Waals surface area contributed by atoms with Gasteiger partial charge in [0.05, 0.1) is 18.7 Å². The summed E-state index contributed by atoms with van der Waals surface area (Å²) in [4.78, 5) is 27.4. The minimum Gasteiger partial charge on any atom is -0.394 e. The Hall–Kier alpha value is -2.06. The number of H-pyrrole nitrogens is 1. The van der Waals surface area contributed by atoms with Gasteiger partial charge in [0.2, 0.25) is 0 Å². The van der Waals surface area contributed by atoms with Gasteiger partial charge in [-0.3, -0.25) is 19.1 Å². The molecule has 2 N–H and O–H groups in total. The van der Waals surface area contributed by atoms with Gasteiger partial charge in [0.15, 0.2) is 16.8 Å². The fourth-order valence-corrected chi connectivity index (χ4v) is 4.00. The highest BCUT2D eigenvalue weighted by Gasteiger charge is 2.55. The van der Waals surface area contributed by atoms with Crippen molar-refractivity contribution in [3.8, 4) is 0 Å². The van der Waals surface area contributed by atoms with E-state index in [1.807, 2.05) is 0 Å². The molecule has 3 heterocycles. The number of allylic oxidation sites excluding steroid dienone is 1. The van der Waals surface area contributed by atoms with E-state index < -0.39 is 54.5 Å². The SMILES string of the molecule is CC(C)=CCN(Cc1cn([C@@H]2O[C@H](CO)C3OC(C)(C)O[C@@H]32)c(=S)[nH]c1=O)C(=O)C(F)(F)F. The number of rotatable bonds is 6. The number of carbonyl (C=O) groups is 1. The molecule has 0 aliphatic carbocycles. The van der Waals surface area contributed by atoms with Crippen LogP contribution >= 0.6 is 12.2 Å². The summed E-state index contributed by atoms with van der Waals surface area (Å²) in [6, 6.07) is 0. The van der Waals surface area contributed by atoms with Gasteiger partial charge >= 0.3 is 12.1 Å². The molecular weight excluding hydrogens is 467 g/mol. The molecule has 33 heavy (non-hydrogen) atoms. The average molecular weight is 494 g/mol. The third-order valence-corrected chi connectivity index (χ3v) is 5.54. The molecule has 1 unspecified atom stereocenters. The monoisotopic (exact) mass is 493 g/mol. The van der Waals surface area contributed by atoms with Crippen molar-refractivity contribution >= 4 is 18.1 Å². The molecule has 0 saturated carbocycles. The van der Waals surface area contributed by atoms with Crippen LogP contribution in [0.4, 0.5) is 13.2 Å². The van der Waals surface area contributed by atoms with E-state index >= 15 is 0 Å². The Bertz CT molecular complexity index is 1050. The minimum atomic E-state index is -5.10. The molecular formula is C20H26F3N3O6S. The second-order valence-corrected chi connectivity index (χ2v) is 8.98. The summed E-state index contributed by atoms with van der Waals surface area (Å²) in [6.45, 7) is 5.44. The van der Waals surface area contributed by atoms with Crippen LogP contribution in [0.15, 0.2) is 22.6 Å². The first-order valence-corrected chi connectivity index (χ1v) is 10.6. The summed E-state index contributed by atoms with van der Waals surface area (Å²) in [7, 11) is 0. The maximum atomic E-state index is 13.1. The lowest BCUT2D eigenvalue weighted by molar-refractivity contribution is -0.200. The molecule has 2 aliphatic rings. The van der Waals surface area contributed by atoms with Crippen LogP contribution in [0.25, 0.3) is 0 Å². The molecule has 0 aromatic carbocycles. The lowest BCUT2D eigenvalue weighted by Crippen LogP contribution is -2.42. The topological polar surface area (TPSA) is 106 Å². The fourth-order valence-electron chi connectivity index (χ4n) is 3.76. The van der Waals surface area contributed by atoms with Crippen molar-refractivity contribution < 1.29 is 37.3 Å². The van der Waals surface area contributed by atoms with Crippen molar-refractivity contribution in [2.24, 2.45) is 0 Å². The molecule has 1 aromatic rings. The van der Waals surface area contributed by atoms with E-state index in [9.17, 15) is 27.9 Å². The van der Waals surface area contributed by atoms with Gasteiger partial charge in [-0.1, -0.05) is 11.6 Å². The number of carbonyl (C=O) groups excluding carboxylic acids is 1. The number of aliphatic hydroxyl groups is 1. The van der Waals surface area contributed by atoms with Crippen LogP contribution in [-0.4, -0.2) is 68.9 Å². The maximum Gasteiger partial charge on any atom is 0.471 e. The molecule has 184 valence electrons. The number of amides is 1. The Labute approximate surface area is 192 Å². The molecule has 2 fully saturated rings. The van der Waals surface area contributed by atoms with E-state index in [2.05, 4.69) is 4.98 Å². The first-order chi connectivity index (χ1) is 15.2. The second-order valence-electron chi connectivity index (χ2n) is 8.60. The van der Waals surface area contributed by atoms with Gasteiger partial charge < -0.3 is 24.2 Å². The lowest BCUT2D eigenvalue weighted by atomic mass is 10.1. The predicted octanol–water partition coefficient (Wildman–Crippen LogP) is 2.17. The molecule has 2 saturated heterocycles. The van der Waals surface area contributed by atoms with Crippen molar-refractivity contribution in [3.05, 3.63) is 38.5 Å². The average Bonchev–Trinajstić information content (AvgIpc) is 3.18. The highest BCUT2D eigenvalue weighted by atomic mass is 32.1. The minimum absolute atomic E-state index is 0.0580. The van der Waals surface area contributed by atoms with Gasteiger partial charge in [0, 0.05) is 12.7 Å². The Morgan fingerprint density at radius 1 is 1.33 bits per heavy atom. The number of nitrogens with one attached hydrogen (secondary N) is 1. The lowest BCUT2D eigenvalue weighted by Gasteiger charge is -2.26. The molecule has 1 amide bonds. The molecule has 0 spiro atoms. The Morgan fingerprint density at radius 3 is 2.55 bits per heavy atom. The van der Waals surface area contributed by atoms with E-state index in [0.29, 0.717) is 10.5 Å². The van der Waals surface area contributed by atoms with E-state index in [0.717, 1.165) is 0 Å². The van der Waals surface area contributed by atoms with Crippen LogP contribution in [0.1, 0.15) is 39.5 Å². The number of ether oxygens (including phenoxy) is 3. The number of fused-ring (bicyclic) bond motifs is 1. The van der Waals surface area contributed by atoms with E-state index in [1.54, 1.807) is 27.7 Å². The number of aromatic nitrogens is 2. The number of hydrogen-bond acceptors (Lipinski definition) is 7. The summed E-state index contributed by atoms with van der Waals surface area (Å²) in [5, 5.41) is 9.67. The van der Waals surface area contributed by atoms with Gasteiger partial charge in [-0.2, -0.15) is 13.2 Å². The summed E-state index contributed by atoms with van der Waals surface area (Å²) in [5.74, 6) is -3.03. The number of alkyl halides is 3. The third-order valence-electron chi connectivity index (χ3n) is 5.23. The molecule has 2 aliphatic heterocycles. The van der Waals surface area contributed by atoms with Crippen LogP contribution in [0.2, 0.25) is 0 Å². The second kappa shape index (κ2) is 9.29. The molecule has 3 rings (SSSR count). The number of nitrogens with zero attached hydrogens (tertiary/aromatic N) is 2. The standard InChI is InChI=1S/C20H26F3N3O6S/c1-10(2)5-6-25(17(29)20(21,22)23)7-11-8-26(18(33)24-15(11)28)16-14-13(12(9-27)30-16)31-19(3,4)32-14/h5,8,12-14,16,27H,6-7,9H2,1-4H3,(H,24,28,33)/t12-,13?,14+,16-/m1/s1. The zero-order chi connectivity index (χ0) is 24.7. The van der Waals surface area contributed by atoms with Crippen molar-refractivity contribution in [1.29, 1.82) is 0 Å². The Balaban J connectivity index is 1.97.